The molecule has 1 aromatic carbocycles. The van der Waals surface area contributed by atoms with Gasteiger partial charge in [-0.3, -0.25) is 0 Å². The fourth-order valence-electron chi connectivity index (χ4n) is 1.36. The smallest absolute Gasteiger partial charge is 0.218 e. The molecule has 0 amide bonds. The molecule has 1 heteroatoms. The zero-order chi connectivity index (χ0) is 10.6. The first-order chi connectivity index (χ1) is 6.54. The van der Waals surface area contributed by atoms with E-state index in [4.69, 9.17) is 6.57 Å². The molecule has 0 bridgehead atoms. The quantitative estimate of drug-likeness (QED) is 0.625. The fraction of sp³-hybridized carbons (Fsp3) is 0.462. The van der Waals surface area contributed by atoms with Gasteiger partial charge in [0.15, 0.2) is 0 Å². The maximum Gasteiger partial charge on any atom is 0.218 e. The molecule has 1 nitrogen and oxygen atoms in total. The molecule has 0 aliphatic carbocycles. The Morgan fingerprint density at radius 3 is 2.14 bits per heavy atom. The summed E-state index contributed by atoms with van der Waals surface area (Å²) >= 11 is 0. The van der Waals surface area contributed by atoms with Crippen molar-refractivity contribution in [2.24, 2.45) is 0 Å². The van der Waals surface area contributed by atoms with Gasteiger partial charge in [0.25, 0.3) is 0 Å². The summed E-state index contributed by atoms with van der Waals surface area (Å²) in [5.74, 6) is 0. The van der Waals surface area contributed by atoms with Crippen LogP contribution in [-0.2, 0) is 11.8 Å². The first-order valence-electron chi connectivity index (χ1n) is 4.96. The van der Waals surface area contributed by atoms with E-state index in [1.165, 1.54) is 11.1 Å². The van der Waals surface area contributed by atoms with Crippen molar-refractivity contribution in [1.82, 2.24) is 0 Å². The minimum atomic E-state index is 0.221. The number of hydrogen-bond acceptors (Lipinski definition) is 0. The van der Waals surface area contributed by atoms with Gasteiger partial charge >= 0.3 is 0 Å². The zero-order valence-corrected chi connectivity index (χ0v) is 9.17. The average molecular weight is 187 g/mol. The Morgan fingerprint density at radius 2 is 1.71 bits per heavy atom. The maximum absolute atomic E-state index is 6.72. The molecular formula is C13H17N. The topological polar surface area (TPSA) is 4.36 Å². The van der Waals surface area contributed by atoms with E-state index >= 15 is 0 Å². The van der Waals surface area contributed by atoms with Crippen LogP contribution in [0.3, 0.4) is 0 Å². The predicted molar refractivity (Wildman–Crippen MR) is 60.3 cm³/mol. The van der Waals surface area contributed by atoms with Crippen LogP contribution in [0.25, 0.3) is 4.85 Å². The second-order valence-corrected chi connectivity index (χ2v) is 4.58. The molecule has 0 radical (unpaired) electrons. The first-order valence-corrected chi connectivity index (χ1v) is 4.96. The van der Waals surface area contributed by atoms with Gasteiger partial charge in [0, 0.05) is 6.42 Å². The molecule has 0 saturated heterocycles. The highest BCUT2D eigenvalue weighted by molar-refractivity contribution is 5.27. The van der Waals surface area contributed by atoms with E-state index in [2.05, 4.69) is 49.9 Å². The summed E-state index contributed by atoms with van der Waals surface area (Å²) in [7, 11) is 0. The Labute approximate surface area is 86.6 Å². The van der Waals surface area contributed by atoms with E-state index in [1.54, 1.807) is 0 Å². The Bertz CT molecular complexity index is 322. The Hall–Kier alpha value is -1.29. The third-order valence-electron chi connectivity index (χ3n) is 2.33. The highest BCUT2D eigenvalue weighted by Gasteiger charge is 2.12. The molecule has 0 unspecified atom stereocenters. The summed E-state index contributed by atoms with van der Waals surface area (Å²) in [5, 5.41) is 0. The molecule has 0 aliphatic rings. The van der Waals surface area contributed by atoms with Gasteiger partial charge in [-0.2, -0.15) is 0 Å². The minimum Gasteiger partial charge on any atom is -0.317 e. The minimum absolute atomic E-state index is 0.221. The third-order valence-corrected chi connectivity index (χ3v) is 2.33. The summed E-state index contributed by atoms with van der Waals surface area (Å²) in [6, 6.07) is 8.59. The van der Waals surface area contributed by atoms with Crippen LogP contribution >= 0.6 is 0 Å². The van der Waals surface area contributed by atoms with Crippen molar-refractivity contribution in [2.75, 3.05) is 6.54 Å². The molecule has 1 aromatic rings. The molecule has 1 rings (SSSR count). The Morgan fingerprint density at radius 1 is 1.14 bits per heavy atom. The van der Waals surface area contributed by atoms with Gasteiger partial charge in [0.1, 0.15) is 0 Å². The number of benzene rings is 1. The van der Waals surface area contributed by atoms with Gasteiger partial charge < -0.3 is 4.85 Å². The van der Waals surface area contributed by atoms with Crippen molar-refractivity contribution in [3.05, 3.63) is 46.8 Å². The van der Waals surface area contributed by atoms with E-state index in [0.29, 0.717) is 6.54 Å². The lowest BCUT2D eigenvalue weighted by Crippen LogP contribution is -2.10. The van der Waals surface area contributed by atoms with Crippen LogP contribution in [0.2, 0.25) is 0 Å². The molecule has 0 saturated carbocycles. The molecule has 0 spiro atoms. The van der Waals surface area contributed by atoms with E-state index in [9.17, 15) is 0 Å². The molecule has 0 atom stereocenters. The lowest BCUT2D eigenvalue weighted by atomic mass is 9.86. The van der Waals surface area contributed by atoms with Crippen LogP contribution in [0.1, 0.15) is 31.9 Å². The first kappa shape index (κ1) is 10.8. The van der Waals surface area contributed by atoms with Crippen LogP contribution in [-0.4, -0.2) is 6.54 Å². The van der Waals surface area contributed by atoms with Gasteiger partial charge in [-0.25, -0.2) is 6.57 Å². The van der Waals surface area contributed by atoms with Crippen molar-refractivity contribution in [1.29, 1.82) is 0 Å². The van der Waals surface area contributed by atoms with Crippen molar-refractivity contribution >= 4 is 0 Å². The van der Waals surface area contributed by atoms with Gasteiger partial charge in [0.2, 0.25) is 6.54 Å². The van der Waals surface area contributed by atoms with Crippen LogP contribution in [0.15, 0.2) is 24.3 Å². The van der Waals surface area contributed by atoms with Gasteiger partial charge in [-0.1, -0.05) is 45.0 Å². The van der Waals surface area contributed by atoms with Gasteiger partial charge in [-0.05, 0) is 16.5 Å². The standard InChI is InChI=1S/C13H17N/c1-13(2,3)12-7-5-11(6-8-12)9-10-14-4/h5-8H,9-10H2,1-3H3. The Kier molecular flexibility index (Phi) is 3.30. The maximum atomic E-state index is 6.72. The zero-order valence-electron chi connectivity index (χ0n) is 9.17. The van der Waals surface area contributed by atoms with Crippen LogP contribution in [0.5, 0.6) is 0 Å². The second kappa shape index (κ2) is 4.28. The highest BCUT2D eigenvalue weighted by atomic mass is 14.6. The van der Waals surface area contributed by atoms with Crippen LogP contribution in [0, 0.1) is 6.57 Å². The monoisotopic (exact) mass is 187 g/mol. The largest absolute Gasteiger partial charge is 0.317 e. The van der Waals surface area contributed by atoms with E-state index in [0.717, 1.165) is 6.42 Å². The van der Waals surface area contributed by atoms with Crippen molar-refractivity contribution in [2.45, 2.75) is 32.6 Å². The summed E-state index contributed by atoms with van der Waals surface area (Å²) in [6.45, 7) is 13.9. The van der Waals surface area contributed by atoms with Crippen molar-refractivity contribution < 1.29 is 0 Å². The molecule has 14 heavy (non-hydrogen) atoms. The molecular weight excluding hydrogens is 170 g/mol. The van der Waals surface area contributed by atoms with Crippen molar-refractivity contribution in [3.63, 3.8) is 0 Å². The van der Waals surface area contributed by atoms with Crippen LogP contribution < -0.4 is 0 Å². The molecule has 0 fully saturated rings. The summed E-state index contributed by atoms with van der Waals surface area (Å²) in [5.41, 5.74) is 2.83. The third kappa shape index (κ3) is 2.88. The fourth-order valence-corrected chi connectivity index (χ4v) is 1.36. The number of rotatable bonds is 2. The Balaban J connectivity index is 2.75. The highest BCUT2D eigenvalue weighted by Crippen LogP contribution is 2.22. The average Bonchev–Trinajstić information content (AvgIpc) is 2.14. The SMILES string of the molecule is [C-]#[N+]CCc1ccc(C(C)(C)C)cc1. The second-order valence-electron chi connectivity index (χ2n) is 4.58. The van der Waals surface area contributed by atoms with Crippen LogP contribution in [0.4, 0.5) is 0 Å². The molecule has 0 N–H and O–H groups in total. The lowest BCUT2D eigenvalue weighted by molar-refractivity contribution is 0.590. The summed E-state index contributed by atoms with van der Waals surface area (Å²) in [6.07, 6.45) is 0.869. The summed E-state index contributed by atoms with van der Waals surface area (Å²) < 4.78 is 0. The normalized spacial score (nSPS) is 11.0. The number of hydrogen-bond donors (Lipinski definition) is 0. The van der Waals surface area contributed by atoms with E-state index in [-0.39, 0.29) is 5.41 Å². The van der Waals surface area contributed by atoms with E-state index in [1.807, 2.05) is 0 Å². The summed E-state index contributed by atoms with van der Waals surface area (Å²) in [4.78, 5) is 3.35. The molecule has 74 valence electrons. The van der Waals surface area contributed by atoms with Gasteiger partial charge in [-0.15, -0.1) is 0 Å². The van der Waals surface area contributed by atoms with Gasteiger partial charge in [0.05, 0.1) is 0 Å². The number of nitrogens with zero attached hydrogens (tertiary/aromatic N) is 1. The van der Waals surface area contributed by atoms with E-state index < -0.39 is 0 Å². The molecule has 0 aromatic heterocycles. The van der Waals surface area contributed by atoms with Crippen molar-refractivity contribution in [3.8, 4) is 0 Å². The molecule has 0 heterocycles. The molecule has 0 aliphatic heterocycles. The predicted octanol–water partition coefficient (Wildman–Crippen LogP) is 3.45. The lowest BCUT2D eigenvalue weighted by Gasteiger charge is -2.18.